The Kier molecular flexibility index (Phi) is 6.21. The van der Waals surface area contributed by atoms with Crippen molar-refractivity contribution in [3.8, 4) is 0 Å². The lowest BCUT2D eigenvalue weighted by Gasteiger charge is -2.17. The van der Waals surface area contributed by atoms with E-state index < -0.39 is 0 Å². The molecule has 0 saturated heterocycles. The maximum absolute atomic E-state index is 6.08. The van der Waals surface area contributed by atoms with Crippen molar-refractivity contribution in [1.82, 2.24) is 20.1 Å². The molecular formula is C15H23ClN4S. The van der Waals surface area contributed by atoms with E-state index in [4.69, 9.17) is 11.6 Å². The average molecular weight is 327 g/mol. The van der Waals surface area contributed by atoms with Gasteiger partial charge in [-0.3, -0.25) is 0 Å². The van der Waals surface area contributed by atoms with E-state index in [-0.39, 0.29) is 6.04 Å². The molecule has 0 amide bonds. The maximum atomic E-state index is 6.08. The van der Waals surface area contributed by atoms with Crippen molar-refractivity contribution in [1.29, 1.82) is 0 Å². The number of hydrogen-bond acceptors (Lipinski definition) is 4. The third-order valence-electron chi connectivity index (χ3n) is 3.20. The maximum Gasteiger partial charge on any atom is 0.138 e. The summed E-state index contributed by atoms with van der Waals surface area (Å²) in [6.07, 6.45) is 3.59. The van der Waals surface area contributed by atoms with Crippen LogP contribution in [0.5, 0.6) is 0 Å². The lowest BCUT2D eigenvalue weighted by atomic mass is 10.1. The second-order valence-corrected chi connectivity index (χ2v) is 7.35. The SMILES string of the molecule is CCCNC(Cc1ncnn1CC(C)C)c1ccc(Cl)s1. The summed E-state index contributed by atoms with van der Waals surface area (Å²) in [5.74, 6) is 1.59. The Morgan fingerprint density at radius 3 is 2.81 bits per heavy atom. The van der Waals surface area contributed by atoms with E-state index in [2.05, 4.69) is 42.2 Å². The molecule has 0 spiro atoms. The largest absolute Gasteiger partial charge is 0.309 e. The van der Waals surface area contributed by atoms with Crippen LogP contribution in [0.2, 0.25) is 4.34 Å². The van der Waals surface area contributed by atoms with Gasteiger partial charge in [-0.25, -0.2) is 9.67 Å². The fourth-order valence-electron chi connectivity index (χ4n) is 2.23. The molecule has 21 heavy (non-hydrogen) atoms. The van der Waals surface area contributed by atoms with E-state index >= 15 is 0 Å². The summed E-state index contributed by atoms with van der Waals surface area (Å²) in [6.45, 7) is 8.45. The highest BCUT2D eigenvalue weighted by Crippen LogP contribution is 2.28. The molecule has 0 fully saturated rings. The van der Waals surface area contributed by atoms with Crippen LogP contribution in [-0.4, -0.2) is 21.3 Å². The summed E-state index contributed by atoms with van der Waals surface area (Å²) >= 11 is 7.71. The molecule has 1 atom stereocenters. The second-order valence-electron chi connectivity index (χ2n) is 5.60. The average Bonchev–Trinajstić information content (AvgIpc) is 3.03. The lowest BCUT2D eigenvalue weighted by molar-refractivity contribution is 0.445. The van der Waals surface area contributed by atoms with Crippen LogP contribution in [0.4, 0.5) is 0 Å². The van der Waals surface area contributed by atoms with Gasteiger partial charge in [0.15, 0.2) is 0 Å². The fraction of sp³-hybridized carbons (Fsp3) is 0.600. The second kappa shape index (κ2) is 7.92. The third kappa shape index (κ3) is 4.80. The number of nitrogens with one attached hydrogen (secondary N) is 1. The summed E-state index contributed by atoms with van der Waals surface area (Å²) in [5.41, 5.74) is 0. The molecule has 0 aliphatic heterocycles. The molecular weight excluding hydrogens is 304 g/mol. The molecule has 0 saturated carbocycles. The lowest BCUT2D eigenvalue weighted by Crippen LogP contribution is -2.25. The molecule has 1 unspecified atom stereocenters. The van der Waals surface area contributed by atoms with Crippen molar-refractivity contribution >= 4 is 22.9 Å². The molecule has 2 rings (SSSR count). The van der Waals surface area contributed by atoms with Gasteiger partial charge in [-0.15, -0.1) is 11.3 Å². The standard InChI is InChI=1S/C15H23ClN4S/c1-4-7-17-12(13-5-6-14(16)21-13)8-15-18-10-19-20(15)9-11(2)3/h5-6,10-12,17H,4,7-9H2,1-3H3. The van der Waals surface area contributed by atoms with Gasteiger partial charge in [0.2, 0.25) is 0 Å². The van der Waals surface area contributed by atoms with Crippen molar-refractivity contribution < 1.29 is 0 Å². The van der Waals surface area contributed by atoms with E-state index in [1.807, 2.05) is 10.7 Å². The third-order valence-corrected chi connectivity index (χ3v) is 4.54. The summed E-state index contributed by atoms with van der Waals surface area (Å²) in [6, 6.07) is 4.31. The molecule has 0 aliphatic carbocycles. The summed E-state index contributed by atoms with van der Waals surface area (Å²) in [7, 11) is 0. The van der Waals surface area contributed by atoms with E-state index in [1.165, 1.54) is 4.88 Å². The Bertz CT molecular complexity index is 549. The number of thiophene rings is 1. The van der Waals surface area contributed by atoms with Gasteiger partial charge in [-0.1, -0.05) is 32.4 Å². The summed E-state index contributed by atoms with van der Waals surface area (Å²) < 4.78 is 2.84. The predicted molar refractivity (Wildman–Crippen MR) is 88.9 cm³/mol. The van der Waals surface area contributed by atoms with Gasteiger partial charge in [-0.2, -0.15) is 5.10 Å². The van der Waals surface area contributed by atoms with Crippen molar-refractivity contribution in [3.05, 3.63) is 33.5 Å². The number of rotatable bonds is 8. The first kappa shape index (κ1) is 16.5. The Hall–Kier alpha value is -0.910. The van der Waals surface area contributed by atoms with Crippen molar-refractivity contribution in [2.45, 2.75) is 46.2 Å². The van der Waals surface area contributed by atoms with Crippen molar-refractivity contribution in [3.63, 3.8) is 0 Å². The topological polar surface area (TPSA) is 42.7 Å². The van der Waals surface area contributed by atoms with Crippen LogP contribution in [0.15, 0.2) is 18.5 Å². The molecule has 0 aromatic carbocycles. The Morgan fingerprint density at radius 1 is 1.38 bits per heavy atom. The summed E-state index contributed by atoms with van der Waals surface area (Å²) in [5, 5.41) is 7.93. The highest BCUT2D eigenvalue weighted by atomic mass is 35.5. The van der Waals surface area contributed by atoms with Gasteiger partial charge < -0.3 is 5.32 Å². The highest BCUT2D eigenvalue weighted by molar-refractivity contribution is 7.16. The zero-order valence-electron chi connectivity index (χ0n) is 12.8. The molecule has 1 N–H and O–H groups in total. The quantitative estimate of drug-likeness (QED) is 0.799. The molecule has 0 radical (unpaired) electrons. The fourth-order valence-corrected chi connectivity index (χ4v) is 3.37. The molecule has 2 aromatic rings. The monoisotopic (exact) mass is 326 g/mol. The van der Waals surface area contributed by atoms with Gasteiger partial charge in [-0.05, 0) is 31.0 Å². The normalized spacial score (nSPS) is 13.0. The molecule has 2 heterocycles. The van der Waals surface area contributed by atoms with Gasteiger partial charge in [0.25, 0.3) is 0 Å². The molecule has 0 bridgehead atoms. The molecule has 4 nitrogen and oxygen atoms in total. The molecule has 6 heteroatoms. The van der Waals surface area contributed by atoms with Crippen LogP contribution in [-0.2, 0) is 13.0 Å². The van der Waals surface area contributed by atoms with Crippen LogP contribution in [0, 0.1) is 5.92 Å². The zero-order chi connectivity index (χ0) is 15.2. The van der Waals surface area contributed by atoms with E-state index in [0.29, 0.717) is 5.92 Å². The number of nitrogens with zero attached hydrogens (tertiary/aromatic N) is 3. The first-order valence-electron chi connectivity index (χ1n) is 7.45. The van der Waals surface area contributed by atoms with Crippen LogP contribution < -0.4 is 5.32 Å². The van der Waals surface area contributed by atoms with E-state index in [0.717, 1.165) is 36.1 Å². The number of hydrogen-bond donors (Lipinski definition) is 1. The zero-order valence-corrected chi connectivity index (χ0v) is 14.4. The molecule has 116 valence electrons. The molecule has 0 aliphatic rings. The van der Waals surface area contributed by atoms with Gasteiger partial charge in [0, 0.05) is 23.9 Å². The smallest absolute Gasteiger partial charge is 0.138 e. The minimum Gasteiger partial charge on any atom is -0.309 e. The van der Waals surface area contributed by atoms with Crippen molar-refractivity contribution in [2.75, 3.05) is 6.54 Å². The first-order valence-corrected chi connectivity index (χ1v) is 8.64. The minimum atomic E-state index is 0.248. The first-order chi connectivity index (χ1) is 10.1. The van der Waals surface area contributed by atoms with Gasteiger partial charge >= 0.3 is 0 Å². The number of aromatic nitrogens is 3. The van der Waals surface area contributed by atoms with E-state index in [9.17, 15) is 0 Å². The van der Waals surface area contributed by atoms with Gasteiger partial charge in [0.1, 0.15) is 12.2 Å². The highest BCUT2D eigenvalue weighted by Gasteiger charge is 2.17. The number of halogens is 1. The van der Waals surface area contributed by atoms with E-state index in [1.54, 1.807) is 17.7 Å². The van der Waals surface area contributed by atoms with Crippen LogP contribution in [0.1, 0.15) is 43.9 Å². The summed E-state index contributed by atoms with van der Waals surface area (Å²) in [4.78, 5) is 5.69. The molecule has 2 aromatic heterocycles. The van der Waals surface area contributed by atoms with Gasteiger partial charge in [0.05, 0.1) is 4.34 Å². The predicted octanol–water partition coefficient (Wildman–Crippen LogP) is 3.93. The van der Waals surface area contributed by atoms with Crippen LogP contribution in [0.25, 0.3) is 0 Å². The van der Waals surface area contributed by atoms with Crippen LogP contribution >= 0.6 is 22.9 Å². The Morgan fingerprint density at radius 2 is 2.19 bits per heavy atom. The minimum absolute atomic E-state index is 0.248. The Balaban J connectivity index is 2.13. The van der Waals surface area contributed by atoms with Crippen molar-refractivity contribution in [2.24, 2.45) is 5.92 Å². The Labute approximate surface area is 135 Å². The van der Waals surface area contributed by atoms with Crippen LogP contribution in [0.3, 0.4) is 0 Å².